The number of alkyl halides is 6. The van der Waals surface area contributed by atoms with Crippen LogP contribution in [0.2, 0.25) is 0 Å². The van der Waals surface area contributed by atoms with E-state index in [0.29, 0.717) is 0 Å². The monoisotopic (exact) mass is 565 g/mol. The fraction of sp³-hybridized carbons (Fsp3) is 0.179. The molecule has 1 aliphatic heterocycles. The molecule has 4 rings (SSSR count). The first-order valence-corrected chi connectivity index (χ1v) is 13.0. The summed E-state index contributed by atoms with van der Waals surface area (Å²) >= 11 is 0. The molecule has 0 spiro atoms. The van der Waals surface area contributed by atoms with Crippen LogP contribution in [-0.4, -0.2) is 31.6 Å². The molecular formula is C28H21F6NO3S. The van der Waals surface area contributed by atoms with E-state index in [-0.39, 0.29) is 40.3 Å². The first-order valence-electron chi connectivity index (χ1n) is 11.5. The standard InChI is InChI=1S/C28H21F6NO3S/c1-18-2-12-25(13-3-18)39(37,38)35-16-21(14-19-4-8-23(9-5-19)27(29,30)31)26(36)22(17-35)15-20-6-10-24(11-7-20)28(32,33)34/h2-15H,16-17H2,1H3. The highest BCUT2D eigenvalue weighted by Gasteiger charge is 2.35. The van der Waals surface area contributed by atoms with Gasteiger partial charge in [-0.05, 0) is 66.6 Å². The van der Waals surface area contributed by atoms with Crippen molar-refractivity contribution in [3.05, 3.63) is 112 Å². The summed E-state index contributed by atoms with van der Waals surface area (Å²) in [5.74, 6) is -0.565. The van der Waals surface area contributed by atoms with Crippen molar-refractivity contribution < 1.29 is 39.6 Å². The van der Waals surface area contributed by atoms with E-state index in [1.54, 1.807) is 19.1 Å². The third-order valence-corrected chi connectivity index (χ3v) is 7.90. The number of hydrogen-bond donors (Lipinski definition) is 0. The summed E-state index contributed by atoms with van der Waals surface area (Å²) in [6.07, 6.45) is -6.49. The second-order valence-electron chi connectivity index (χ2n) is 8.99. The number of carbonyl (C=O) groups is 1. The molecule has 3 aromatic rings. The minimum Gasteiger partial charge on any atom is -0.289 e. The van der Waals surface area contributed by atoms with Gasteiger partial charge >= 0.3 is 12.4 Å². The highest BCUT2D eigenvalue weighted by atomic mass is 32.2. The van der Waals surface area contributed by atoms with Crippen molar-refractivity contribution in [3.8, 4) is 0 Å². The number of sulfonamides is 1. The molecule has 204 valence electrons. The van der Waals surface area contributed by atoms with Crippen LogP contribution in [-0.2, 0) is 27.2 Å². The number of carbonyl (C=O) groups excluding carboxylic acids is 1. The Hall–Kier alpha value is -3.70. The van der Waals surface area contributed by atoms with Gasteiger partial charge in [0.05, 0.1) is 16.0 Å². The van der Waals surface area contributed by atoms with Crippen LogP contribution in [0.5, 0.6) is 0 Å². The molecule has 0 saturated carbocycles. The molecule has 39 heavy (non-hydrogen) atoms. The summed E-state index contributed by atoms with van der Waals surface area (Å²) < 4.78 is 106. The van der Waals surface area contributed by atoms with E-state index in [2.05, 4.69) is 0 Å². The lowest BCUT2D eigenvalue weighted by Gasteiger charge is -2.29. The Morgan fingerprint density at radius 3 is 1.41 bits per heavy atom. The minimum atomic E-state index is -4.55. The molecule has 1 aliphatic rings. The summed E-state index contributed by atoms with van der Waals surface area (Å²) in [5, 5.41) is 0. The molecule has 4 nitrogen and oxygen atoms in total. The second-order valence-corrected chi connectivity index (χ2v) is 10.9. The van der Waals surface area contributed by atoms with Gasteiger partial charge in [0.25, 0.3) is 0 Å². The lowest BCUT2D eigenvalue weighted by atomic mass is 9.95. The average Bonchev–Trinajstić information content (AvgIpc) is 2.86. The number of ketones is 1. The van der Waals surface area contributed by atoms with Crippen LogP contribution in [0.15, 0.2) is 88.8 Å². The van der Waals surface area contributed by atoms with Crippen LogP contribution >= 0.6 is 0 Å². The molecule has 1 fully saturated rings. The maximum absolute atomic E-state index is 13.4. The molecule has 0 bridgehead atoms. The lowest BCUT2D eigenvalue weighted by molar-refractivity contribution is -0.138. The number of benzene rings is 3. The largest absolute Gasteiger partial charge is 0.416 e. The highest BCUT2D eigenvalue weighted by Crippen LogP contribution is 2.32. The topological polar surface area (TPSA) is 54.5 Å². The van der Waals surface area contributed by atoms with Gasteiger partial charge in [-0.3, -0.25) is 4.79 Å². The van der Waals surface area contributed by atoms with Gasteiger partial charge in [0.1, 0.15) is 0 Å². The first-order chi connectivity index (χ1) is 18.1. The SMILES string of the molecule is Cc1ccc(S(=O)(=O)N2CC(=Cc3ccc(C(F)(F)F)cc3)C(=O)C(=Cc3ccc(C(F)(F)F)cc3)C2)cc1. The predicted octanol–water partition coefficient (Wildman–Crippen LogP) is 6.77. The van der Waals surface area contributed by atoms with Crippen molar-refractivity contribution in [2.75, 3.05) is 13.1 Å². The Bertz CT molecular complexity index is 1460. The molecular weight excluding hydrogens is 544 g/mol. The van der Waals surface area contributed by atoms with Crippen molar-refractivity contribution in [3.63, 3.8) is 0 Å². The zero-order valence-corrected chi connectivity index (χ0v) is 21.2. The summed E-state index contributed by atoms with van der Waals surface area (Å²) in [5.41, 5.74) is -0.458. The molecule has 3 aromatic carbocycles. The van der Waals surface area contributed by atoms with Crippen LogP contribution in [0.1, 0.15) is 27.8 Å². The normalized spacial score (nSPS) is 17.7. The molecule has 0 amide bonds. The van der Waals surface area contributed by atoms with Crippen LogP contribution in [0.3, 0.4) is 0 Å². The smallest absolute Gasteiger partial charge is 0.289 e. The quantitative estimate of drug-likeness (QED) is 0.259. The van der Waals surface area contributed by atoms with Crippen LogP contribution in [0.4, 0.5) is 26.3 Å². The van der Waals surface area contributed by atoms with E-state index in [1.165, 1.54) is 24.3 Å². The van der Waals surface area contributed by atoms with Crippen LogP contribution in [0.25, 0.3) is 12.2 Å². The summed E-state index contributed by atoms with van der Waals surface area (Å²) in [6, 6.07) is 14.1. The molecule has 1 heterocycles. The Labute approximate surface area is 220 Å². The fourth-order valence-corrected chi connectivity index (χ4v) is 5.37. The summed E-state index contributed by atoms with van der Waals surface area (Å²) in [4.78, 5) is 13.3. The van der Waals surface area contributed by atoms with Crippen molar-refractivity contribution >= 4 is 28.0 Å². The van der Waals surface area contributed by atoms with E-state index in [9.17, 15) is 39.6 Å². The summed E-state index contributed by atoms with van der Waals surface area (Å²) in [6.45, 7) is 1.09. The maximum Gasteiger partial charge on any atom is 0.416 e. The van der Waals surface area contributed by atoms with E-state index in [1.807, 2.05) is 0 Å². The van der Waals surface area contributed by atoms with E-state index >= 15 is 0 Å². The molecule has 11 heteroatoms. The zero-order valence-electron chi connectivity index (χ0n) is 20.3. The Balaban J connectivity index is 1.75. The van der Waals surface area contributed by atoms with Crippen LogP contribution in [0, 0.1) is 6.92 Å². The van der Waals surface area contributed by atoms with E-state index in [0.717, 1.165) is 58.4 Å². The van der Waals surface area contributed by atoms with E-state index < -0.39 is 39.3 Å². The van der Waals surface area contributed by atoms with Gasteiger partial charge in [-0.25, -0.2) is 8.42 Å². The Morgan fingerprint density at radius 1 is 0.667 bits per heavy atom. The van der Waals surface area contributed by atoms with Crippen molar-refractivity contribution in [1.29, 1.82) is 0 Å². The van der Waals surface area contributed by atoms with Crippen molar-refractivity contribution in [1.82, 2.24) is 4.31 Å². The zero-order chi connectivity index (χ0) is 28.6. The van der Waals surface area contributed by atoms with Crippen LogP contribution < -0.4 is 0 Å². The molecule has 0 unspecified atom stereocenters. The van der Waals surface area contributed by atoms with Gasteiger partial charge in [-0.15, -0.1) is 0 Å². The molecule has 0 radical (unpaired) electrons. The number of piperidine rings is 1. The predicted molar refractivity (Wildman–Crippen MR) is 134 cm³/mol. The number of aryl methyl sites for hydroxylation is 1. The van der Waals surface area contributed by atoms with Crippen molar-refractivity contribution in [2.45, 2.75) is 24.2 Å². The van der Waals surface area contributed by atoms with E-state index in [4.69, 9.17) is 0 Å². The highest BCUT2D eigenvalue weighted by molar-refractivity contribution is 7.89. The lowest BCUT2D eigenvalue weighted by Crippen LogP contribution is -2.41. The summed E-state index contributed by atoms with van der Waals surface area (Å²) in [7, 11) is -4.10. The molecule has 0 N–H and O–H groups in total. The molecule has 0 atom stereocenters. The maximum atomic E-state index is 13.4. The Morgan fingerprint density at radius 2 is 1.05 bits per heavy atom. The third kappa shape index (κ3) is 6.48. The fourth-order valence-electron chi connectivity index (χ4n) is 3.98. The average molecular weight is 566 g/mol. The number of halogens is 6. The molecule has 1 saturated heterocycles. The van der Waals surface area contributed by atoms with Gasteiger partial charge < -0.3 is 0 Å². The molecule has 0 aromatic heterocycles. The number of hydrogen-bond acceptors (Lipinski definition) is 3. The Kier molecular flexibility index (Phi) is 7.59. The molecule has 0 aliphatic carbocycles. The van der Waals surface area contributed by atoms with Gasteiger partial charge in [0.2, 0.25) is 10.0 Å². The second kappa shape index (κ2) is 10.5. The van der Waals surface area contributed by atoms with Gasteiger partial charge in [0.15, 0.2) is 5.78 Å². The third-order valence-electron chi connectivity index (χ3n) is 6.09. The minimum absolute atomic E-state index is 0.00476. The van der Waals surface area contributed by atoms with Gasteiger partial charge in [-0.2, -0.15) is 30.6 Å². The number of Topliss-reactive ketones (excluding diaryl/α,β-unsaturated/α-hetero) is 1. The van der Waals surface area contributed by atoms with Gasteiger partial charge in [-0.1, -0.05) is 42.0 Å². The van der Waals surface area contributed by atoms with Gasteiger partial charge in [0, 0.05) is 24.2 Å². The number of rotatable bonds is 4. The first kappa shape index (κ1) is 28.3. The number of nitrogens with zero attached hydrogens (tertiary/aromatic N) is 1. The van der Waals surface area contributed by atoms with Crippen molar-refractivity contribution in [2.24, 2.45) is 0 Å².